The number of unbranched alkanes of at least 4 members (excludes halogenated alkanes) is 20. The van der Waals surface area contributed by atoms with Gasteiger partial charge >= 0.3 is 17.9 Å². The highest BCUT2D eigenvalue weighted by Gasteiger charge is 2.25. The number of quaternary nitrogens is 1. The number of allylic oxidation sites excluding steroid dienone is 8. The molecule has 0 aromatic carbocycles. The van der Waals surface area contributed by atoms with Crippen LogP contribution in [0.15, 0.2) is 48.6 Å². The Morgan fingerprint density at radius 1 is 0.525 bits per heavy atom. The Morgan fingerprint density at radius 2 is 0.966 bits per heavy atom. The number of carbonyl (C=O) groups excluding carboxylic acids is 2. The summed E-state index contributed by atoms with van der Waals surface area (Å²) >= 11 is 0. The van der Waals surface area contributed by atoms with Crippen LogP contribution in [0.1, 0.15) is 194 Å². The van der Waals surface area contributed by atoms with Crippen molar-refractivity contribution in [3.63, 3.8) is 0 Å². The summed E-state index contributed by atoms with van der Waals surface area (Å²) in [5.74, 6) is -2.04. The Kier molecular flexibility index (Phi) is 40.0. The third-order valence-electron chi connectivity index (χ3n) is 10.1. The standard InChI is InChI=1S/C50H89NO8/c1-6-8-10-12-14-16-18-20-22-24-26-28-30-32-34-36-38-40-47(52)57-44-46(45-58-50(49(54)55)56-43-42-51(3,4)5)59-48(53)41-39-37-35-33-31-29-27-25-23-21-19-17-15-13-11-9-7-2/h9,11,15,17,21,23,27,29,46,50H,6-8,10,12-14,16,18-20,22,24-26,28,30-45H2,1-5H3/p+1/b11-9-,17-15-,23-21-,29-27-. The van der Waals surface area contributed by atoms with Crippen LogP contribution in [-0.2, 0) is 33.3 Å². The van der Waals surface area contributed by atoms with Gasteiger partial charge in [0.1, 0.15) is 13.2 Å². The van der Waals surface area contributed by atoms with E-state index < -0.39 is 24.3 Å². The predicted octanol–water partition coefficient (Wildman–Crippen LogP) is 12.8. The van der Waals surface area contributed by atoms with Crippen molar-refractivity contribution in [2.45, 2.75) is 206 Å². The fourth-order valence-corrected chi connectivity index (χ4v) is 6.41. The molecule has 0 aliphatic carbocycles. The predicted molar refractivity (Wildman–Crippen MR) is 244 cm³/mol. The summed E-state index contributed by atoms with van der Waals surface area (Å²) < 4.78 is 22.7. The van der Waals surface area contributed by atoms with E-state index in [2.05, 4.69) is 62.5 Å². The van der Waals surface area contributed by atoms with Crippen molar-refractivity contribution in [3.8, 4) is 0 Å². The molecule has 0 spiro atoms. The van der Waals surface area contributed by atoms with Crippen LogP contribution >= 0.6 is 0 Å². The molecule has 0 rings (SSSR count). The second-order valence-corrected chi connectivity index (χ2v) is 17.0. The number of hydrogen-bond acceptors (Lipinski definition) is 7. The number of aliphatic carboxylic acids is 1. The number of carboxylic acid groups (broad SMARTS) is 1. The van der Waals surface area contributed by atoms with Gasteiger partial charge in [-0.3, -0.25) is 9.59 Å². The highest BCUT2D eigenvalue weighted by atomic mass is 16.7. The summed E-state index contributed by atoms with van der Waals surface area (Å²) in [5, 5.41) is 9.65. The maximum absolute atomic E-state index is 12.8. The fraction of sp³-hybridized carbons (Fsp3) is 0.780. The molecule has 0 saturated heterocycles. The van der Waals surface area contributed by atoms with E-state index in [1.165, 1.54) is 89.9 Å². The summed E-state index contributed by atoms with van der Waals surface area (Å²) in [6.07, 6.45) is 46.0. The van der Waals surface area contributed by atoms with Crippen LogP contribution in [-0.4, -0.2) is 87.4 Å². The van der Waals surface area contributed by atoms with Crippen molar-refractivity contribution >= 4 is 17.9 Å². The first kappa shape index (κ1) is 56.2. The van der Waals surface area contributed by atoms with E-state index in [0.29, 0.717) is 23.9 Å². The lowest BCUT2D eigenvalue weighted by Crippen LogP contribution is -2.40. The molecule has 0 aliphatic heterocycles. The summed E-state index contributed by atoms with van der Waals surface area (Å²) in [7, 11) is 5.95. The number of carboxylic acids is 1. The van der Waals surface area contributed by atoms with Gasteiger partial charge in [-0.1, -0.05) is 178 Å². The van der Waals surface area contributed by atoms with E-state index in [9.17, 15) is 19.5 Å². The van der Waals surface area contributed by atoms with Gasteiger partial charge < -0.3 is 28.5 Å². The van der Waals surface area contributed by atoms with Gasteiger partial charge in [0.25, 0.3) is 6.29 Å². The van der Waals surface area contributed by atoms with Crippen molar-refractivity contribution in [2.75, 3.05) is 47.5 Å². The van der Waals surface area contributed by atoms with E-state index in [1.54, 1.807) is 0 Å². The molecule has 342 valence electrons. The minimum Gasteiger partial charge on any atom is -0.477 e. The second kappa shape index (κ2) is 42.0. The highest BCUT2D eigenvalue weighted by Crippen LogP contribution is 2.15. The average molecular weight is 833 g/mol. The fourth-order valence-electron chi connectivity index (χ4n) is 6.41. The van der Waals surface area contributed by atoms with E-state index in [1.807, 2.05) is 21.1 Å². The molecular formula is C50H90NO8+. The van der Waals surface area contributed by atoms with E-state index in [4.69, 9.17) is 18.9 Å². The summed E-state index contributed by atoms with van der Waals surface area (Å²) in [6.45, 7) is 4.74. The van der Waals surface area contributed by atoms with Gasteiger partial charge in [0.05, 0.1) is 34.4 Å². The molecule has 1 N–H and O–H groups in total. The molecule has 0 aromatic rings. The van der Waals surface area contributed by atoms with Crippen LogP contribution in [0.2, 0.25) is 0 Å². The zero-order chi connectivity index (χ0) is 43.5. The topological polar surface area (TPSA) is 108 Å². The number of likely N-dealkylation sites (N-methyl/N-ethyl adjacent to an activating group) is 1. The molecule has 0 heterocycles. The first-order chi connectivity index (χ1) is 28.6. The lowest BCUT2D eigenvalue weighted by molar-refractivity contribution is -0.870. The van der Waals surface area contributed by atoms with E-state index in [-0.39, 0.29) is 32.2 Å². The van der Waals surface area contributed by atoms with Crippen molar-refractivity contribution in [1.82, 2.24) is 0 Å². The Bertz CT molecular complexity index is 1110. The van der Waals surface area contributed by atoms with Gasteiger partial charge in [-0.25, -0.2) is 4.79 Å². The van der Waals surface area contributed by atoms with Crippen LogP contribution in [0, 0.1) is 0 Å². The maximum atomic E-state index is 12.8. The van der Waals surface area contributed by atoms with Crippen LogP contribution in [0.5, 0.6) is 0 Å². The third kappa shape index (κ3) is 43.2. The van der Waals surface area contributed by atoms with Gasteiger partial charge in [0.15, 0.2) is 6.10 Å². The molecule has 0 aliphatic rings. The lowest BCUT2D eigenvalue weighted by atomic mass is 10.0. The molecule has 0 amide bonds. The van der Waals surface area contributed by atoms with Crippen molar-refractivity contribution < 1.29 is 42.9 Å². The van der Waals surface area contributed by atoms with Crippen molar-refractivity contribution in [2.24, 2.45) is 0 Å². The van der Waals surface area contributed by atoms with Crippen LogP contribution < -0.4 is 0 Å². The third-order valence-corrected chi connectivity index (χ3v) is 10.1. The van der Waals surface area contributed by atoms with Crippen LogP contribution in [0.25, 0.3) is 0 Å². The first-order valence-electron chi connectivity index (χ1n) is 23.8. The quantitative estimate of drug-likeness (QED) is 0.0213. The molecule has 0 fully saturated rings. The van der Waals surface area contributed by atoms with Gasteiger partial charge in [0.2, 0.25) is 0 Å². The molecule has 9 nitrogen and oxygen atoms in total. The van der Waals surface area contributed by atoms with Crippen LogP contribution in [0.4, 0.5) is 0 Å². The molecule has 2 unspecified atom stereocenters. The highest BCUT2D eigenvalue weighted by molar-refractivity contribution is 5.71. The zero-order valence-corrected chi connectivity index (χ0v) is 38.7. The van der Waals surface area contributed by atoms with E-state index in [0.717, 1.165) is 70.6 Å². The minimum atomic E-state index is -1.52. The van der Waals surface area contributed by atoms with E-state index >= 15 is 0 Å². The molecule has 0 radical (unpaired) electrons. The Balaban J connectivity index is 4.43. The largest absolute Gasteiger partial charge is 0.477 e. The van der Waals surface area contributed by atoms with Gasteiger partial charge in [-0.05, 0) is 51.4 Å². The monoisotopic (exact) mass is 833 g/mol. The minimum absolute atomic E-state index is 0.182. The number of hydrogen-bond donors (Lipinski definition) is 1. The Labute approximate surface area is 362 Å². The first-order valence-corrected chi connectivity index (χ1v) is 23.8. The molecular weight excluding hydrogens is 743 g/mol. The number of rotatable bonds is 43. The zero-order valence-electron chi connectivity index (χ0n) is 38.7. The van der Waals surface area contributed by atoms with Gasteiger partial charge in [0, 0.05) is 12.8 Å². The SMILES string of the molecule is CC/C=C\C/C=C\C/C=C\C/C=C\CCCCCCC(=O)OC(COC(=O)CCCCCCCCCCCCCCCCCCC)COC(OCC[N+](C)(C)C)C(=O)O. The summed E-state index contributed by atoms with van der Waals surface area (Å²) in [4.78, 5) is 37.2. The molecule has 9 heteroatoms. The van der Waals surface area contributed by atoms with Crippen molar-refractivity contribution in [1.29, 1.82) is 0 Å². The molecule has 2 atom stereocenters. The molecule has 0 bridgehead atoms. The smallest absolute Gasteiger partial charge is 0.361 e. The van der Waals surface area contributed by atoms with Crippen LogP contribution in [0.3, 0.4) is 0 Å². The average Bonchev–Trinajstić information content (AvgIpc) is 3.19. The Morgan fingerprint density at radius 3 is 1.44 bits per heavy atom. The van der Waals surface area contributed by atoms with Crippen molar-refractivity contribution in [3.05, 3.63) is 48.6 Å². The number of carbonyl (C=O) groups is 3. The maximum Gasteiger partial charge on any atom is 0.361 e. The molecule has 59 heavy (non-hydrogen) atoms. The molecule has 0 aromatic heterocycles. The number of ether oxygens (including phenoxy) is 4. The normalized spacial score (nSPS) is 13.3. The second-order valence-electron chi connectivity index (χ2n) is 17.0. The number of esters is 2. The lowest BCUT2D eigenvalue weighted by Gasteiger charge is -2.25. The summed E-state index contributed by atoms with van der Waals surface area (Å²) in [6, 6.07) is 0. The van der Waals surface area contributed by atoms with Gasteiger partial charge in [-0.2, -0.15) is 0 Å². The Hall–Kier alpha value is -2.75. The number of nitrogens with zero attached hydrogens (tertiary/aromatic N) is 1. The molecule has 0 saturated carbocycles. The van der Waals surface area contributed by atoms with Gasteiger partial charge in [-0.15, -0.1) is 0 Å². The summed E-state index contributed by atoms with van der Waals surface area (Å²) in [5.41, 5.74) is 0.